The predicted octanol–water partition coefficient (Wildman–Crippen LogP) is 6.67. The predicted molar refractivity (Wildman–Crippen MR) is 98.8 cm³/mol. The van der Waals surface area contributed by atoms with Gasteiger partial charge in [-0.2, -0.15) is 0 Å². The summed E-state index contributed by atoms with van der Waals surface area (Å²) in [7, 11) is 0. The molecule has 2 aromatic rings. The Balaban J connectivity index is 2.42. The lowest BCUT2D eigenvalue weighted by atomic mass is 9.95. The monoisotopic (exact) mass is 290 g/mol. The highest BCUT2D eigenvalue weighted by molar-refractivity contribution is 5.83. The summed E-state index contributed by atoms with van der Waals surface area (Å²) in [4.78, 5) is 0. The summed E-state index contributed by atoms with van der Waals surface area (Å²) in [6.45, 7) is 6.58. The molecule has 0 radical (unpaired) electrons. The summed E-state index contributed by atoms with van der Waals surface area (Å²) in [5.41, 5.74) is 6.70. The van der Waals surface area contributed by atoms with E-state index in [-0.39, 0.29) is 0 Å². The molecular weight excluding hydrogens is 264 g/mol. The molecule has 0 aliphatic heterocycles. The van der Waals surface area contributed by atoms with Crippen LogP contribution >= 0.6 is 0 Å². The number of rotatable bonds is 6. The van der Waals surface area contributed by atoms with Crippen LogP contribution in [0.1, 0.15) is 49.8 Å². The Morgan fingerprint density at radius 3 is 2.14 bits per heavy atom. The average Bonchev–Trinajstić information content (AvgIpc) is 2.55. The molecule has 0 fully saturated rings. The van der Waals surface area contributed by atoms with Crippen LogP contribution in [-0.2, 0) is 0 Å². The number of allylic oxidation sites excluding steroid dienone is 4. The third-order valence-corrected chi connectivity index (χ3v) is 3.80. The molecule has 0 saturated carbocycles. The third kappa shape index (κ3) is 4.46. The molecule has 22 heavy (non-hydrogen) atoms. The maximum atomic E-state index is 2.37. The standard InChI is InChI=1S/C22H26/c1-4-9-21(19-11-7-6-8-12-19)17-22(10-5-2)20-15-13-18(3)14-16-20/h6-9,11-17H,4-5,10H2,1-3H3/b21-9-,22-17+. The number of aryl methyl sites for hydroxylation is 1. The zero-order chi connectivity index (χ0) is 15.8. The normalized spacial score (nSPS) is 12.5. The summed E-state index contributed by atoms with van der Waals surface area (Å²) in [5, 5.41) is 0. The van der Waals surface area contributed by atoms with Crippen LogP contribution in [-0.4, -0.2) is 0 Å². The summed E-state index contributed by atoms with van der Waals surface area (Å²) in [5.74, 6) is 0. The smallest absolute Gasteiger partial charge is 0.0187 e. The van der Waals surface area contributed by atoms with E-state index in [0.29, 0.717) is 0 Å². The lowest BCUT2D eigenvalue weighted by Crippen LogP contribution is -1.88. The molecule has 0 N–H and O–H groups in total. The number of hydrogen-bond donors (Lipinski definition) is 0. The van der Waals surface area contributed by atoms with Crippen LogP contribution in [0.15, 0.2) is 66.7 Å². The van der Waals surface area contributed by atoms with Gasteiger partial charge in [0.1, 0.15) is 0 Å². The van der Waals surface area contributed by atoms with E-state index in [1.807, 2.05) is 0 Å². The second kappa shape index (κ2) is 8.38. The van der Waals surface area contributed by atoms with E-state index in [1.54, 1.807) is 0 Å². The Kier molecular flexibility index (Phi) is 6.21. The molecule has 0 aliphatic rings. The average molecular weight is 290 g/mol. The van der Waals surface area contributed by atoms with Gasteiger partial charge in [-0.05, 0) is 42.0 Å². The van der Waals surface area contributed by atoms with Crippen molar-refractivity contribution in [2.24, 2.45) is 0 Å². The zero-order valence-corrected chi connectivity index (χ0v) is 14.0. The van der Waals surface area contributed by atoms with Crippen LogP contribution in [0.5, 0.6) is 0 Å². The molecule has 114 valence electrons. The molecular formula is C22H26. The summed E-state index contributed by atoms with van der Waals surface area (Å²) in [6, 6.07) is 19.6. The van der Waals surface area contributed by atoms with Crippen molar-refractivity contribution < 1.29 is 0 Å². The van der Waals surface area contributed by atoms with Crippen LogP contribution in [0.4, 0.5) is 0 Å². The largest absolute Gasteiger partial charge is 0.0769 e. The van der Waals surface area contributed by atoms with Gasteiger partial charge >= 0.3 is 0 Å². The lowest BCUT2D eigenvalue weighted by molar-refractivity contribution is 0.973. The van der Waals surface area contributed by atoms with Gasteiger partial charge in [0, 0.05) is 0 Å². The first kappa shape index (κ1) is 16.3. The summed E-state index contributed by atoms with van der Waals surface area (Å²) >= 11 is 0. The van der Waals surface area contributed by atoms with Crippen molar-refractivity contribution in [1.29, 1.82) is 0 Å². The molecule has 0 aliphatic carbocycles. The van der Waals surface area contributed by atoms with Gasteiger partial charge in [0.25, 0.3) is 0 Å². The molecule has 0 aromatic heterocycles. The Hall–Kier alpha value is -2.08. The van der Waals surface area contributed by atoms with Crippen molar-refractivity contribution in [3.05, 3.63) is 83.4 Å². The van der Waals surface area contributed by atoms with E-state index in [4.69, 9.17) is 0 Å². The van der Waals surface area contributed by atoms with Crippen molar-refractivity contribution in [3.8, 4) is 0 Å². The van der Waals surface area contributed by atoms with Crippen molar-refractivity contribution in [2.75, 3.05) is 0 Å². The van der Waals surface area contributed by atoms with Crippen LogP contribution < -0.4 is 0 Å². The minimum atomic E-state index is 1.05. The molecule has 0 amide bonds. The molecule has 0 heterocycles. The van der Waals surface area contributed by atoms with E-state index in [1.165, 1.54) is 27.8 Å². The molecule has 0 unspecified atom stereocenters. The van der Waals surface area contributed by atoms with Crippen LogP contribution in [0.3, 0.4) is 0 Å². The fraction of sp³-hybridized carbons (Fsp3) is 0.273. The minimum Gasteiger partial charge on any atom is -0.0769 e. The molecule has 0 nitrogen and oxygen atoms in total. The highest BCUT2D eigenvalue weighted by Crippen LogP contribution is 2.26. The zero-order valence-electron chi connectivity index (χ0n) is 14.0. The molecule has 0 bridgehead atoms. The van der Waals surface area contributed by atoms with E-state index >= 15 is 0 Å². The maximum absolute atomic E-state index is 2.37. The molecule has 0 atom stereocenters. The van der Waals surface area contributed by atoms with Gasteiger partial charge in [0.15, 0.2) is 0 Å². The summed E-state index contributed by atoms with van der Waals surface area (Å²) in [6.07, 6.45) is 8.01. The first-order valence-corrected chi connectivity index (χ1v) is 8.27. The lowest BCUT2D eigenvalue weighted by Gasteiger charge is -2.10. The fourth-order valence-corrected chi connectivity index (χ4v) is 2.64. The fourth-order valence-electron chi connectivity index (χ4n) is 2.64. The summed E-state index contributed by atoms with van der Waals surface area (Å²) < 4.78 is 0. The highest BCUT2D eigenvalue weighted by Gasteiger charge is 2.04. The van der Waals surface area contributed by atoms with Gasteiger partial charge in [0.2, 0.25) is 0 Å². The van der Waals surface area contributed by atoms with Crippen molar-refractivity contribution in [2.45, 2.75) is 40.0 Å². The van der Waals surface area contributed by atoms with Gasteiger partial charge in [-0.15, -0.1) is 0 Å². The minimum absolute atomic E-state index is 1.05. The topological polar surface area (TPSA) is 0 Å². The maximum Gasteiger partial charge on any atom is -0.0187 e. The van der Waals surface area contributed by atoms with Crippen LogP contribution in [0.25, 0.3) is 11.1 Å². The van der Waals surface area contributed by atoms with E-state index < -0.39 is 0 Å². The van der Waals surface area contributed by atoms with E-state index in [9.17, 15) is 0 Å². The van der Waals surface area contributed by atoms with Gasteiger partial charge in [-0.3, -0.25) is 0 Å². The Labute approximate surface area is 135 Å². The number of benzene rings is 2. The Morgan fingerprint density at radius 1 is 0.864 bits per heavy atom. The first-order valence-electron chi connectivity index (χ1n) is 8.27. The van der Waals surface area contributed by atoms with E-state index in [0.717, 1.165) is 19.3 Å². The van der Waals surface area contributed by atoms with Gasteiger partial charge in [0.05, 0.1) is 0 Å². The SMILES string of the molecule is CC/C=C(/C=C(\CCC)c1ccc(C)cc1)c1ccccc1. The van der Waals surface area contributed by atoms with E-state index in [2.05, 4.69) is 87.5 Å². The highest BCUT2D eigenvalue weighted by atomic mass is 14.1. The first-order chi connectivity index (χ1) is 10.7. The van der Waals surface area contributed by atoms with Gasteiger partial charge < -0.3 is 0 Å². The molecule has 0 heteroatoms. The quantitative estimate of drug-likeness (QED) is 0.521. The molecule has 2 aromatic carbocycles. The molecule has 0 spiro atoms. The molecule has 0 saturated heterocycles. The van der Waals surface area contributed by atoms with Crippen molar-refractivity contribution in [1.82, 2.24) is 0 Å². The molecule has 2 rings (SSSR count). The third-order valence-electron chi connectivity index (χ3n) is 3.80. The van der Waals surface area contributed by atoms with Crippen LogP contribution in [0, 0.1) is 6.92 Å². The Morgan fingerprint density at radius 2 is 1.55 bits per heavy atom. The second-order valence-electron chi connectivity index (χ2n) is 5.72. The van der Waals surface area contributed by atoms with Crippen molar-refractivity contribution >= 4 is 11.1 Å². The Bertz CT molecular complexity index is 627. The number of hydrogen-bond acceptors (Lipinski definition) is 0. The van der Waals surface area contributed by atoms with Crippen molar-refractivity contribution in [3.63, 3.8) is 0 Å². The van der Waals surface area contributed by atoms with Gasteiger partial charge in [-0.25, -0.2) is 0 Å². The van der Waals surface area contributed by atoms with Crippen LogP contribution in [0.2, 0.25) is 0 Å². The second-order valence-corrected chi connectivity index (χ2v) is 5.72. The van der Waals surface area contributed by atoms with Gasteiger partial charge in [-0.1, -0.05) is 92.6 Å².